The van der Waals surface area contributed by atoms with Crippen LogP contribution in [0.3, 0.4) is 0 Å². The number of carbonyl (C=O) groups is 1. The molecule has 1 aromatic carbocycles. The molecule has 0 spiro atoms. The first-order valence-corrected chi connectivity index (χ1v) is 9.33. The largest absolute Gasteiger partial charge is 0.346 e. The Morgan fingerprint density at radius 1 is 1.28 bits per heavy atom. The first-order valence-electron chi connectivity index (χ1n) is 9.33. The van der Waals surface area contributed by atoms with Gasteiger partial charge >= 0.3 is 0 Å². The van der Waals surface area contributed by atoms with E-state index >= 15 is 0 Å². The molecule has 3 N–H and O–H groups in total. The second-order valence-electron chi connectivity index (χ2n) is 8.01. The molecule has 2 aliphatic rings. The standard InChI is InChI=1S/C20H28N4O/c1-23(2)9-10-24-8-7-13-5-6-16(12-17(13)24)22-20(25)18-14-3-4-15(11-14)19(18)21/h5-8,12,14-15,18-19H,3-4,9-11,21H2,1-2H3,(H,22,25). The molecule has 4 atom stereocenters. The first-order chi connectivity index (χ1) is 12.0. The van der Waals surface area contributed by atoms with Crippen molar-refractivity contribution in [2.75, 3.05) is 26.0 Å². The van der Waals surface area contributed by atoms with Crippen LogP contribution in [0.25, 0.3) is 10.9 Å². The van der Waals surface area contributed by atoms with Crippen molar-refractivity contribution in [1.82, 2.24) is 9.47 Å². The number of nitrogens with one attached hydrogen (secondary N) is 1. The number of benzene rings is 1. The van der Waals surface area contributed by atoms with Crippen LogP contribution < -0.4 is 11.1 Å². The molecular weight excluding hydrogens is 312 g/mol. The molecule has 1 aromatic heterocycles. The van der Waals surface area contributed by atoms with Crippen molar-refractivity contribution in [3.05, 3.63) is 30.5 Å². The number of nitrogens with two attached hydrogens (primary N) is 1. The van der Waals surface area contributed by atoms with Crippen LogP contribution in [-0.4, -0.2) is 42.1 Å². The van der Waals surface area contributed by atoms with E-state index in [0.717, 1.165) is 37.1 Å². The number of nitrogens with zero attached hydrogens (tertiary/aromatic N) is 2. The Labute approximate surface area is 149 Å². The lowest BCUT2D eigenvalue weighted by Crippen LogP contribution is -2.42. The zero-order valence-corrected chi connectivity index (χ0v) is 15.1. The van der Waals surface area contributed by atoms with E-state index in [-0.39, 0.29) is 17.9 Å². The highest BCUT2D eigenvalue weighted by Crippen LogP contribution is 2.47. The molecule has 0 radical (unpaired) electrons. The van der Waals surface area contributed by atoms with Crippen LogP contribution in [0.15, 0.2) is 30.5 Å². The predicted octanol–water partition coefficient (Wildman–Crippen LogP) is 2.51. The quantitative estimate of drug-likeness (QED) is 0.879. The molecule has 2 aromatic rings. The van der Waals surface area contributed by atoms with E-state index in [1.807, 2.05) is 6.07 Å². The molecule has 5 heteroatoms. The SMILES string of the molecule is CN(C)CCn1ccc2ccc(NC(=O)C3C4CCC(C4)C3N)cc21. The van der Waals surface area contributed by atoms with Crippen molar-refractivity contribution >= 4 is 22.5 Å². The summed E-state index contributed by atoms with van der Waals surface area (Å²) in [6.45, 7) is 1.92. The van der Waals surface area contributed by atoms with Gasteiger partial charge in [0, 0.05) is 31.0 Å². The van der Waals surface area contributed by atoms with Gasteiger partial charge in [-0.15, -0.1) is 0 Å². The minimum Gasteiger partial charge on any atom is -0.346 e. The highest BCUT2D eigenvalue weighted by molar-refractivity contribution is 5.96. The van der Waals surface area contributed by atoms with Gasteiger partial charge in [-0.3, -0.25) is 4.79 Å². The lowest BCUT2D eigenvalue weighted by molar-refractivity contribution is -0.121. The van der Waals surface area contributed by atoms with Gasteiger partial charge in [0.15, 0.2) is 0 Å². The summed E-state index contributed by atoms with van der Waals surface area (Å²) < 4.78 is 2.24. The highest BCUT2D eigenvalue weighted by Gasteiger charge is 2.49. The fourth-order valence-electron chi connectivity index (χ4n) is 4.71. The van der Waals surface area contributed by atoms with Gasteiger partial charge in [-0.2, -0.15) is 0 Å². The van der Waals surface area contributed by atoms with Gasteiger partial charge in [0.1, 0.15) is 0 Å². The number of hydrogen-bond donors (Lipinski definition) is 2. The van der Waals surface area contributed by atoms with Crippen molar-refractivity contribution in [2.24, 2.45) is 23.5 Å². The van der Waals surface area contributed by atoms with Gasteiger partial charge < -0.3 is 20.5 Å². The Hall–Kier alpha value is -1.85. The van der Waals surface area contributed by atoms with E-state index in [4.69, 9.17) is 5.73 Å². The zero-order valence-electron chi connectivity index (χ0n) is 15.1. The molecular formula is C20H28N4O. The molecule has 134 valence electrons. The fraction of sp³-hybridized carbons (Fsp3) is 0.550. The molecule has 1 amide bonds. The first kappa shape index (κ1) is 16.6. The molecule has 0 aliphatic heterocycles. The van der Waals surface area contributed by atoms with E-state index in [1.54, 1.807) is 0 Å². The maximum Gasteiger partial charge on any atom is 0.229 e. The van der Waals surface area contributed by atoms with Crippen LogP contribution in [-0.2, 0) is 11.3 Å². The molecule has 4 rings (SSSR count). The molecule has 1 heterocycles. The van der Waals surface area contributed by atoms with E-state index in [2.05, 4.69) is 53.3 Å². The summed E-state index contributed by atoms with van der Waals surface area (Å²) in [5, 5.41) is 4.33. The summed E-state index contributed by atoms with van der Waals surface area (Å²) in [4.78, 5) is 15.0. The topological polar surface area (TPSA) is 63.3 Å². The van der Waals surface area contributed by atoms with Gasteiger partial charge in [-0.25, -0.2) is 0 Å². The summed E-state index contributed by atoms with van der Waals surface area (Å²) in [5.41, 5.74) is 8.35. The number of likely N-dealkylation sites (N-methyl/N-ethyl adjacent to an activating group) is 1. The monoisotopic (exact) mass is 340 g/mol. The molecule has 25 heavy (non-hydrogen) atoms. The molecule has 4 unspecified atom stereocenters. The molecule has 2 saturated carbocycles. The third kappa shape index (κ3) is 3.07. The highest BCUT2D eigenvalue weighted by atomic mass is 16.2. The Balaban J connectivity index is 1.51. The van der Waals surface area contributed by atoms with Crippen LogP contribution in [0.5, 0.6) is 0 Å². The Kier molecular flexibility index (Phi) is 4.29. The number of amides is 1. The van der Waals surface area contributed by atoms with Crippen LogP contribution in [0.4, 0.5) is 5.69 Å². The van der Waals surface area contributed by atoms with Crippen molar-refractivity contribution in [1.29, 1.82) is 0 Å². The normalized spacial score (nSPS) is 28.2. The van der Waals surface area contributed by atoms with E-state index in [1.165, 1.54) is 11.8 Å². The van der Waals surface area contributed by atoms with Gasteiger partial charge in [0.05, 0.1) is 11.4 Å². The van der Waals surface area contributed by atoms with Gasteiger partial charge in [-0.05, 0) is 68.8 Å². The number of anilines is 1. The van der Waals surface area contributed by atoms with E-state index < -0.39 is 0 Å². The number of hydrogen-bond acceptors (Lipinski definition) is 3. The van der Waals surface area contributed by atoms with Crippen molar-refractivity contribution in [3.63, 3.8) is 0 Å². The predicted molar refractivity (Wildman–Crippen MR) is 101 cm³/mol. The number of aromatic nitrogens is 1. The maximum atomic E-state index is 12.8. The van der Waals surface area contributed by atoms with Crippen LogP contribution >= 0.6 is 0 Å². The van der Waals surface area contributed by atoms with Gasteiger partial charge in [0.25, 0.3) is 0 Å². The minimum atomic E-state index is -0.0185. The van der Waals surface area contributed by atoms with Gasteiger partial charge in [-0.1, -0.05) is 6.07 Å². The third-order valence-electron chi connectivity index (χ3n) is 6.11. The summed E-state index contributed by atoms with van der Waals surface area (Å²) in [6.07, 6.45) is 5.60. The van der Waals surface area contributed by atoms with Crippen LogP contribution in [0.1, 0.15) is 19.3 Å². The molecule has 2 aliphatic carbocycles. The molecule has 2 fully saturated rings. The Morgan fingerprint density at radius 3 is 2.80 bits per heavy atom. The number of fused-ring (bicyclic) bond motifs is 3. The van der Waals surface area contributed by atoms with Crippen LogP contribution in [0, 0.1) is 17.8 Å². The van der Waals surface area contributed by atoms with Crippen molar-refractivity contribution in [2.45, 2.75) is 31.8 Å². The molecule has 2 bridgehead atoms. The maximum absolute atomic E-state index is 12.8. The second kappa shape index (κ2) is 6.46. The molecule has 5 nitrogen and oxygen atoms in total. The summed E-state index contributed by atoms with van der Waals surface area (Å²) in [6, 6.07) is 8.32. The van der Waals surface area contributed by atoms with E-state index in [0.29, 0.717) is 11.8 Å². The third-order valence-corrected chi connectivity index (χ3v) is 6.11. The second-order valence-corrected chi connectivity index (χ2v) is 8.01. The fourth-order valence-corrected chi connectivity index (χ4v) is 4.71. The Morgan fingerprint density at radius 2 is 2.08 bits per heavy atom. The Bertz CT molecular complexity index is 779. The van der Waals surface area contributed by atoms with Crippen molar-refractivity contribution in [3.8, 4) is 0 Å². The minimum absolute atomic E-state index is 0.0185. The summed E-state index contributed by atoms with van der Waals surface area (Å²) in [5.74, 6) is 1.11. The molecule has 0 saturated heterocycles. The number of rotatable bonds is 5. The smallest absolute Gasteiger partial charge is 0.229 e. The lowest BCUT2D eigenvalue weighted by atomic mass is 9.84. The number of carbonyl (C=O) groups excluding carboxylic acids is 1. The lowest BCUT2D eigenvalue weighted by Gasteiger charge is -2.27. The van der Waals surface area contributed by atoms with E-state index in [9.17, 15) is 4.79 Å². The zero-order chi connectivity index (χ0) is 17.6. The van der Waals surface area contributed by atoms with Crippen LogP contribution in [0.2, 0.25) is 0 Å². The summed E-state index contributed by atoms with van der Waals surface area (Å²) in [7, 11) is 4.16. The summed E-state index contributed by atoms with van der Waals surface area (Å²) >= 11 is 0. The van der Waals surface area contributed by atoms with Crippen molar-refractivity contribution < 1.29 is 4.79 Å². The average Bonchev–Trinajstić information content (AvgIpc) is 3.26. The average molecular weight is 340 g/mol. The van der Waals surface area contributed by atoms with Gasteiger partial charge in [0.2, 0.25) is 5.91 Å².